The van der Waals surface area contributed by atoms with Crippen LogP contribution in [0.15, 0.2) is 48.0 Å². The molecule has 33 heavy (non-hydrogen) atoms. The second kappa shape index (κ2) is 8.18. The van der Waals surface area contributed by atoms with Gasteiger partial charge >= 0.3 is 6.03 Å². The zero-order chi connectivity index (χ0) is 24.1. The summed E-state index contributed by atoms with van der Waals surface area (Å²) in [5.74, 6) is -0.955. The summed E-state index contributed by atoms with van der Waals surface area (Å²) < 4.78 is 0. The van der Waals surface area contributed by atoms with E-state index in [2.05, 4.69) is 57.0 Å². The van der Waals surface area contributed by atoms with Crippen LogP contribution < -0.4 is 15.1 Å². The zero-order valence-corrected chi connectivity index (χ0v) is 20.1. The van der Waals surface area contributed by atoms with E-state index in [-0.39, 0.29) is 11.1 Å². The topological polar surface area (TPSA) is 69.7 Å². The second-order valence-corrected chi connectivity index (χ2v) is 9.94. The fraction of sp³-hybridized carbons (Fsp3) is 0.370. The summed E-state index contributed by atoms with van der Waals surface area (Å²) in [4.78, 5) is 41.8. The smallest absolute Gasteiger partial charge is 0.335 e. The second-order valence-electron chi connectivity index (χ2n) is 9.94. The number of hydrogen-bond acceptors (Lipinski definition) is 4. The molecule has 0 aromatic heterocycles. The van der Waals surface area contributed by atoms with E-state index in [0.29, 0.717) is 17.6 Å². The number of carbonyl (C=O) groups is 3. The van der Waals surface area contributed by atoms with Crippen LogP contribution in [0.25, 0.3) is 6.08 Å². The van der Waals surface area contributed by atoms with Gasteiger partial charge in [-0.05, 0) is 87.9 Å². The molecule has 2 aromatic carbocycles. The van der Waals surface area contributed by atoms with Gasteiger partial charge in [0.2, 0.25) is 0 Å². The maximum atomic E-state index is 13.3. The van der Waals surface area contributed by atoms with E-state index < -0.39 is 17.8 Å². The molecule has 0 bridgehead atoms. The molecule has 2 aliphatic heterocycles. The van der Waals surface area contributed by atoms with E-state index in [1.807, 2.05) is 25.1 Å². The van der Waals surface area contributed by atoms with Crippen LogP contribution in [-0.4, -0.2) is 29.4 Å². The van der Waals surface area contributed by atoms with E-state index >= 15 is 0 Å². The number of nitrogens with zero attached hydrogens (tertiary/aromatic N) is 2. The molecule has 2 aliphatic rings. The van der Waals surface area contributed by atoms with Gasteiger partial charge in [-0.1, -0.05) is 31.2 Å². The van der Waals surface area contributed by atoms with Gasteiger partial charge in [0.05, 0.1) is 5.69 Å². The number of hydrogen-bond donors (Lipinski definition) is 1. The van der Waals surface area contributed by atoms with Crippen LogP contribution in [0.1, 0.15) is 63.6 Å². The van der Waals surface area contributed by atoms with E-state index in [9.17, 15) is 14.4 Å². The van der Waals surface area contributed by atoms with Crippen LogP contribution in [0.4, 0.5) is 16.2 Å². The lowest BCUT2D eigenvalue weighted by Crippen LogP contribution is -2.54. The average molecular weight is 446 g/mol. The quantitative estimate of drug-likeness (QED) is 0.523. The first-order chi connectivity index (χ1) is 15.5. The Morgan fingerprint density at radius 1 is 1.06 bits per heavy atom. The largest absolute Gasteiger partial charge is 0.364 e. The number of fused-ring (bicyclic) bond motifs is 1. The molecule has 172 valence electrons. The Labute approximate surface area is 195 Å². The molecular weight excluding hydrogens is 414 g/mol. The summed E-state index contributed by atoms with van der Waals surface area (Å²) in [5, 5.41) is 2.31. The Morgan fingerprint density at radius 3 is 2.42 bits per heavy atom. The molecule has 6 nitrogen and oxygen atoms in total. The van der Waals surface area contributed by atoms with Crippen LogP contribution in [0.2, 0.25) is 0 Å². The first-order valence-corrected chi connectivity index (χ1v) is 11.4. The predicted molar refractivity (Wildman–Crippen MR) is 131 cm³/mol. The van der Waals surface area contributed by atoms with E-state index in [1.54, 1.807) is 18.2 Å². The minimum absolute atomic E-state index is 0.0359. The Bertz CT molecular complexity index is 1180. The highest BCUT2D eigenvalue weighted by atomic mass is 16.2. The van der Waals surface area contributed by atoms with Gasteiger partial charge in [0, 0.05) is 17.3 Å². The van der Waals surface area contributed by atoms with Gasteiger partial charge in [-0.2, -0.15) is 0 Å². The normalized spacial score (nSPS) is 21.5. The molecule has 1 atom stereocenters. The lowest BCUT2D eigenvalue weighted by molar-refractivity contribution is -0.122. The van der Waals surface area contributed by atoms with E-state index in [1.165, 1.54) is 11.3 Å². The Morgan fingerprint density at radius 2 is 1.76 bits per heavy atom. The van der Waals surface area contributed by atoms with E-state index in [4.69, 9.17) is 0 Å². The monoisotopic (exact) mass is 445 g/mol. The average Bonchev–Trinajstić information content (AvgIpc) is 2.71. The number of imide groups is 2. The fourth-order valence-electron chi connectivity index (χ4n) is 5.39. The lowest BCUT2D eigenvalue weighted by Gasteiger charge is -2.50. The number of urea groups is 1. The molecule has 0 spiro atoms. The first-order valence-electron chi connectivity index (χ1n) is 11.4. The highest BCUT2D eigenvalue weighted by Crippen LogP contribution is 2.44. The maximum absolute atomic E-state index is 13.3. The van der Waals surface area contributed by atoms with Gasteiger partial charge in [-0.25, -0.2) is 9.69 Å². The number of nitrogens with one attached hydrogen (secondary N) is 1. The first kappa shape index (κ1) is 22.8. The predicted octanol–water partition coefficient (Wildman–Crippen LogP) is 5.16. The van der Waals surface area contributed by atoms with Gasteiger partial charge in [0.25, 0.3) is 11.8 Å². The van der Waals surface area contributed by atoms with Gasteiger partial charge in [-0.3, -0.25) is 14.9 Å². The van der Waals surface area contributed by atoms with Crippen molar-refractivity contribution in [2.24, 2.45) is 0 Å². The van der Waals surface area contributed by atoms with Crippen molar-refractivity contribution in [3.8, 4) is 0 Å². The molecule has 0 aliphatic carbocycles. The highest BCUT2D eigenvalue weighted by molar-refractivity contribution is 6.39. The molecule has 1 saturated heterocycles. The molecule has 6 heteroatoms. The molecule has 4 amide bonds. The SMILES string of the molecule is Cc1ccccc1N1C(=O)NC(=O)/C(=C\c2ccc3c(c2)[C@@H](C)CC(C)(C)N3C(C)C)C1=O. The number of para-hydroxylation sites is 1. The lowest BCUT2D eigenvalue weighted by atomic mass is 9.78. The standard InChI is InChI=1S/C27H31N3O3/c1-16(2)30-23-12-11-19(13-20(23)18(4)15-27(30,5)6)14-21-24(31)28-26(33)29(25(21)32)22-10-8-7-9-17(22)3/h7-14,16,18H,15H2,1-6H3,(H,28,31,33)/b21-14+/t18-/m0/s1. The molecule has 0 radical (unpaired) electrons. The van der Waals surface area contributed by atoms with Crippen LogP contribution >= 0.6 is 0 Å². The van der Waals surface area contributed by atoms with Gasteiger partial charge < -0.3 is 4.90 Å². The number of barbiturate groups is 1. The third-order valence-corrected chi connectivity index (χ3v) is 6.59. The minimum Gasteiger partial charge on any atom is -0.364 e. The molecule has 2 aromatic rings. The molecule has 0 unspecified atom stereocenters. The Hall–Kier alpha value is -3.41. The van der Waals surface area contributed by atoms with Crippen molar-refractivity contribution in [1.82, 2.24) is 5.32 Å². The summed E-state index contributed by atoms with van der Waals surface area (Å²) in [6.07, 6.45) is 2.59. The third kappa shape index (κ3) is 3.94. The number of benzene rings is 2. The van der Waals surface area contributed by atoms with Crippen molar-refractivity contribution >= 4 is 35.3 Å². The number of aryl methyl sites for hydroxylation is 1. The summed E-state index contributed by atoms with van der Waals surface area (Å²) in [6.45, 7) is 13.0. The van der Waals surface area contributed by atoms with Crippen molar-refractivity contribution < 1.29 is 14.4 Å². The van der Waals surface area contributed by atoms with Crippen molar-refractivity contribution in [2.75, 3.05) is 9.80 Å². The van der Waals surface area contributed by atoms with Gasteiger partial charge in [-0.15, -0.1) is 0 Å². The number of rotatable bonds is 3. The molecule has 1 fully saturated rings. The number of amides is 4. The summed E-state index contributed by atoms with van der Waals surface area (Å²) >= 11 is 0. The molecular formula is C27H31N3O3. The maximum Gasteiger partial charge on any atom is 0.335 e. The van der Waals surface area contributed by atoms with Crippen molar-refractivity contribution in [3.05, 3.63) is 64.7 Å². The Kier molecular flexibility index (Phi) is 5.64. The summed E-state index contributed by atoms with van der Waals surface area (Å²) in [7, 11) is 0. The highest BCUT2D eigenvalue weighted by Gasteiger charge is 2.39. The molecule has 2 heterocycles. The number of carbonyl (C=O) groups excluding carboxylic acids is 3. The molecule has 1 N–H and O–H groups in total. The third-order valence-electron chi connectivity index (χ3n) is 6.59. The Balaban J connectivity index is 1.75. The van der Waals surface area contributed by atoms with Crippen molar-refractivity contribution in [1.29, 1.82) is 0 Å². The van der Waals surface area contributed by atoms with E-state index in [0.717, 1.165) is 22.4 Å². The van der Waals surface area contributed by atoms with Crippen molar-refractivity contribution in [2.45, 2.75) is 65.5 Å². The van der Waals surface area contributed by atoms with Crippen molar-refractivity contribution in [3.63, 3.8) is 0 Å². The number of anilines is 2. The fourth-order valence-corrected chi connectivity index (χ4v) is 5.39. The van der Waals surface area contributed by atoms with Crippen LogP contribution in [0.5, 0.6) is 0 Å². The molecule has 0 saturated carbocycles. The zero-order valence-electron chi connectivity index (χ0n) is 20.1. The summed E-state index contributed by atoms with van der Waals surface area (Å²) in [6, 6.07) is 12.8. The van der Waals surface area contributed by atoms with Crippen LogP contribution in [0.3, 0.4) is 0 Å². The van der Waals surface area contributed by atoms with Gasteiger partial charge in [0.15, 0.2) is 0 Å². The van der Waals surface area contributed by atoms with Gasteiger partial charge in [0.1, 0.15) is 5.57 Å². The van der Waals surface area contributed by atoms with Crippen LogP contribution in [-0.2, 0) is 9.59 Å². The van der Waals surface area contributed by atoms with Crippen LogP contribution in [0, 0.1) is 6.92 Å². The minimum atomic E-state index is -0.731. The summed E-state index contributed by atoms with van der Waals surface area (Å²) in [5.41, 5.74) is 4.37. The molecule has 4 rings (SSSR count).